The number of hydrogen-bond donors (Lipinski definition) is 8. The lowest BCUT2D eigenvalue weighted by Gasteiger charge is -2.26. The average Bonchev–Trinajstić information content (AvgIpc) is 2.78. The van der Waals surface area contributed by atoms with Crippen molar-refractivity contribution in [3.8, 4) is 0 Å². The van der Waals surface area contributed by atoms with E-state index >= 15 is 0 Å². The largest absolute Gasteiger partial charge is 0.399 e. The first-order valence-electron chi connectivity index (χ1n) is 9.58. The summed E-state index contributed by atoms with van der Waals surface area (Å²) in [5.74, 6) is 7.92. The summed E-state index contributed by atoms with van der Waals surface area (Å²) < 4.78 is 26.3. The van der Waals surface area contributed by atoms with Crippen molar-refractivity contribution in [2.75, 3.05) is 12.0 Å². The molecular formula is C20H25F2N7O3S. The van der Waals surface area contributed by atoms with E-state index in [0.29, 0.717) is 10.6 Å². The van der Waals surface area contributed by atoms with Crippen LogP contribution in [0.15, 0.2) is 53.2 Å². The molecule has 0 saturated heterocycles. The maximum absolute atomic E-state index is 13.3. The molecule has 178 valence electrons. The summed E-state index contributed by atoms with van der Waals surface area (Å²) >= 11 is 4.33. The minimum Gasteiger partial charge on any atom is -0.399 e. The molecule has 0 radical (unpaired) electrons. The first-order valence-corrected chi connectivity index (χ1v) is 10.0. The first kappa shape index (κ1) is 25.9. The summed E-state index contributed by atoms with van der Waals surface area (Å²) in [6.07, 6.45) is 1.43. The Bertz CT molecular complexity index is 1040. The Morgan fingerprint density at radius 2 is 1.91 bits per heavy atom. The van der Waals surface area contributed by atoms with Crippen molar-refractivity contribution in [3.63, 3.8) is 0 Å². The topological polar surface area (TPSA) is 172 Å². The van der Waals surface area contributed by atoms with Gasteiger partial charge in [0.2, 0.25) is 5.91 Å². The second-order valence-corrected chi connectivity index (χ2v) is 7.54. The Kier molecular flexibility index (Phi) is 9.42. The standard InChI is InChI=1S/C20H25F2N7O3S/c21-15-3-2-12(7-16(15)22)20(31)26-9-13(23)10-29(25)14(8-19(30)28-32)5-11-1-4-17(27-24)18(33)6-11/h1-4,6-7,10,14,27,32-33H,5,8-9,23-25H2,(H,26,31)(H,28,30)/b13-10-. The molecule has 2 rings (SSSR count). The molecule has 1 atom stereocenters. The van der Waals surface area contributed by atoms with Crippen molar-refractivity contribution >= 4 is 30.1 Å². The summed E-state index contributed by atoms with van der Waals surface area (Å²) in [6.45, 7) is -0.151. The van der Waals surface area contributed by atoms with Crippen LogP contribution in [0, 0.1) is 11.6 Å². The van der Waals surface area contributed by atoms with Gasteiger partial charge in [0.25, 0.3) is 5.91 Å². The van der Waals surface area contributed by atoms with Gasteiger partial charge >= 0.3 is 0 Å². The Hall–Kier alpha value is -3.39. The number of carbonyl (C=O) groups excluding carboxylic acids is 2. The zero-order chi connectivity index (χ0) is 24.5. The zero-order valence-electron chi connectivity index (χ0n) is 17.4. The lowest BCUT2D eigenvalue weighted by Crippen LogP contribution is -2.42. The minimum atomic E-state index is -1.15. The summed E-state index contributed by atoms with van der Waals surface area (Å²) in [4.78, 5) is 24.4. The molecule has 0 aliphatic heterocycles. The summed E-state index contributed by atoms with van der Waals surface area (Å²) in [5.41, 5.74) is 11.4. The molecule has 13 heteroatoms. The number of nitrogen functional groups attached to an aromatic ring is 1. The number of anilines is 1. The number of carbonyl (C=O) groups is 2. The van der Waals surface area contributed by atoms with E-state index in [9.17, 15) is 18.4 Å². The molecule has 2 aromatic carbocycles. The fourth-order valence-corrected chi connectivity index (χ4v) is 3.21. The molecule has 10 N–H and O–H groups in total. The van der Waals surface area contributed by atoms with Gasteiger partial charge in [0.1, 0.15) is 0 Å². The number of hydrogen-bond acceptors (Lipinski definition) is 9. The highest BCUT2D eigenvalue weighted by molar-refractivity contribution is 7.80. The van der Waals surface area contributed by atoms with Gasteiger partial charge < -0.3 is 21.5 Å². The molecule has 33 heavy (non-hydrogen) atoms. The van der Waals surface area contributed by atoms with Gasteiger partial charge in [-0.05, 0) is 42.3 Å². The van der Waals surface area contributed by atoms with Crippen LogP contribution in [0.4, 0.5) is 14.5 Å². The van der Waals surface area contributed by atoms with Crippen molar-refractivity contribution < 1.29 is 23.6 Å². The van der Waals surface area contributed by atoms with E-state index in [1.165, 1.54) is 11.2 Å². The van der Waals surface area contributed by atoms with Crippen LogP contribution in [0.3, 0.4) is 0 Å². The van der Waals surface area contributed by atoms with Crippen molar-refractivity contribution in [2.24, 2.45) is 17.4 Å². The molecule has 0 bridgehead atoms. The second kappa shape index (κ2) is 12.0. The third kappa shape index (κ3) is 7.61. The number of nitrogens with one attached hydrogen (secondary N) is 3. The fourth-order valence-electron chi connectivity index (χ4n) is 2.91. The van der Waals surface area contributed by atoms with Crippen LogP contribution in [0.5, 0.6) is 0 Å². The third-order valence-corrected chi connectivity index (χ3v) is 4.98. The molecule has 2 aromatic rings. The maximum Gasteiger partial charge on any atom is 0.251 e. The highest BCUT2D eigenvalue weighted by Gasteiger charge is 2.19. The predicted molar refractivity (Wildman–Crippen MR) is 121 cm³/mol. The van der Waals surface area contributed by atoms with Crippen LogP contribution in [-0.4, -0.2) is 34.6 Å². The van der Waals surface area contributed by atoms with Gasteiger partial charge in [0.15, 0.2) is 11.6 Å². The number of nitrogens with two attached hydrogens (primary N) is 3. The molecule has 0 aromatic heterocycles. The second-order valence-electron chi connectivity index (χ2n) is 7.06. The highest BCUT2D eigenvalue weighted by Crippen LogP contribution is 2.22. The Morgan fingerprint density at radius 1 is 1.18 bits per heavy atom. The smallest absolute Gasteiger partial charge is 0.251 e. The fraction of sp³-hybridized carbons (Fsp3) is 0.200. The van der Waals surface area contributed by atoms with E-state index in [0.717, 1.165) is 23.8 Å². The number of hydroxylamine groups is 1. The number of benzene rings is 2. The summed E-state index contributed by atoms with van der Waals surface area (Å²) in [6, 6.07) is 7.33. The number of amides is 2. The number of hydrazine groups is 2. The maximum atomic E-state index is 13.3. The van der Waals surface area contributed by atoms with Crippen LogP contribution in [0.2, 0.25) is 0 Å². The van der Waals surface area contributed by atoms with E-state index in [1.54, 1.807) is 23.7 Å². The van der Waals surface area contributed by atoms with Gasteiger partial charge in [-0.2, -0.15) is 0 Å². The molecule has 1 unspecified atom stereocenters. The SMILES string of the molecule is NNc1ccc(CC(CC(=O)NO)N(N)/C=C(\N)CNC(=O)c2ccc(F)c(F)c2)cc1S. The van der Waals surface area contributed by atoms with Crippen LogP contribution >= 0.6 is 12.6 Å². The van der Waals surface area contributed by atoms with Crippen molar-refractivity contribution in [2.45, 2.75) is 23.8 Å². The molecule has 0 fully saturated rings. The Morgan fingerprint density at radius 3 is 2.52 bits per heavy atom. The van der Waals surface area contributed by atoms with E-state index in [-0.39, 0.29) is 30.6 Å². The van der Waals surface area contributed by atoms with Crippen LogP contribution in [0.1, 0.15) is 22.3 Å². The van der Waals surface area contributed by atoms with E-state index in [1.807, 2.05) is 0 Å². The number of thiol groups is 1. The molecule has 0 aliphatic carbocycles. The monoisotopic (exact) mass is 481 g/mol. The van der Waals surface area contributed by atoms with E-state index < -0.39 is 29.5 Å². The Labute approximate surface area is 194 Å². The third-order valence-electron chi connectivity index (χ3n) is 4.61. The minimum absolute atomic E-state index is 0.0817. The van der Waals surface area contributed by atoms with Crippen LogP contribution in [0.25, 0.3) is 0 Å². The van der Waals surface area contributed by atoms with Gasteiger partial charge in [-0.25, -0.2) is 20.1 Å². The average molecular weight is 482 g/mol. The number of rotatable bonds is 10. The van der Waals surface area contributed by atoms with Crippen LogP contribution in [-0.2, 0) is 11.2 Å². The molecule has 0 spiro atoms. The summed E-state index contributed by atoms with van der Waals surface area (Å²) in [5, 5.41) is 12.5. The molecule has 0 aliphatic rings. The first-order chi connectivity index (χ1) is 15.6. The lowest BCUT2D eigenvalue weighted by molar-refractivity contribution is -0.130. The van der Waals surface area contributed by atoms with Gasteiger partial charge in [0.05, 0.1) is 24.7 Å². The normalized spacial score (nSPS) is 12.1. The predicted octanol–water partition coefficient (Wildman–Crippen LogP) is 0.752. The van der Waals surface area contributed by atoms with Crippen molar-refractivity contribution in [1.82, 2.24) is 15.8 Å². The van der Waals surface area contributed by atoms with E-state index in [4.69, 9.17) is 22.6 Å². The number of nitrogens with zero attached hydrogens (tertiary/aromatic N) is 1. The molecular weight excluding hydrogens is 456 g/mol. The lowest BCUT2D eigenvalue weighted by atomic mass is 10.0. The zero-order valence-corrected chi connectivity index (χ0v) is 18.3. The quantitative estimate of drug-likeness (QED) is 0.106. The van der Waals surface area contributed by atoms with Crippen molar-refractivity contribution in [3.05, 3.63) is 71.1 Å². The molecule has 2 amide bonds. The Balaban J connectivity index is 2.08. The van der Waals surface area contributed by atoms with Crippen LogP contribution < -0.4 is 33.6 Å². The summed E-state index contributed by atoms with van der Waals surface area (Å²) in [7, 11) is 0. The van der Waals surface area contributed by atoms with Gasteiger partial charge in [-0.15, -0.1) is 12.6 Å². The van der Waals surface area contributed by atoms with E-state index in [2.05, 4.69) is 23.4 Å². The van der Waals surface area contributed by atoms with Crippen molar-refractivity contribution in [1.29, 1.82) is 0 Å². The highest BCUT2D eigenvalue weighted by atomic mass is 32.1. The van der Waals surface area contributed by atoms with Gasteiger partial charge in [-0.1, -0.05) is 6.07 Å². The van der Waals surface area contributed by atoms with Gasteiger partial charge in [-0.3, -0.25) is 20.6 Å². The number of halogens is 2. The molecule has 0 saturated carbocycles. The molecule has 0 heterocycles. The van der Waals surface area contributed by atoms with Gasteiger partial charge in [0, 0.05) is 22.4 Å². The molecule has 10 nitrogen and oxygen atoms in total.